The fourth-order valence-corrected chi connectivity index (χ4v) is 17.0. The maximum atomic E-state index is 7.01. The molecule has 2 aromatic heterocycles. The summed E-state index contributed by atoms with van der Waals surface area (Å²) in [5, 5.41) is 20.8. The lowest BCUT2D eigenvalue weighted by Gasteiger charge is -2.33. The molecule has 510 valence electrons. The van der Waals surface area contributed by atoms with Gasteiger partial charge in [0, 0.05) is 49.6 Å². The molecule has 0 radical (unpaired) electrons. The van der Waals surface area contributed by atoms with Crippen LogP contribution in [0.3, 0.4) is 0 Å². The van der Waals surface area contributed by atoms with Crippen LogP contribution in [0, 0.1) is 5.92 Å². The highest BCUT2D eigenvalue weighted by atomic mass is 16.3. The number of rotatable bonds is 13. The Hall–Kier alpha value is -13.6. The lowest BCUT2D eigenvalue weighted by molar-refractivity contribution is 0.442. The average Bonchev–Trinajstić information content (AvgIpc) is 1.59. The first-order chi connectivity index (χ1) is 53.5. The molecular formula is C103H71N3O2. The minimum atomic E-state index is -0.122. The van der Waals surface area contributed by atoms with Crippen molar-refractivity contribution in [1.82, 2.24) is 16.0 Å². The minimum Gasteiger partial charge on any atom is -0.455 e. The summed E-state index contributed by atoms with van der Waals surface area (Å²) in [6.45, 7) is 0. The molecule has 0 spiro atoms. The molecule has 0 bridgehead atoms. The first-order valence-corrected chi connectivity index (χ1v) is 37.5. The van der Waals surface area contributed by atoms with E-state index in [9.17, 15) is 0 Å². The van der Waals surface area contributed by atoms with Crippen LogP contribution in [-0.4, -0.2) is 0 Å². The summed E-state index contributed by atoms with van der Waals surface area (Å²) in [7, 11) is 0. The lowest BCUT2D eigenvalue weighted by atomic mass is 9.92. The fourth-order valence-electron chi connectivity index (χ4n) is 17.0. The van der Waals surface area contributed by atoms with Crippen molar-refractivity contribution in [3.63, 3.8) is 0 Å². The van der Waals surface area contributed by atoms with Crippen molar-refractivity contribution in [3.8, 4) is 77.9 Å². The summed E-state index contributed by atoms with van der Waals surface area (Å²) < 4.78 is 13.8. The third-order valence-electron chi connectivity index (χ3n) is 22.7. The normalized spacial score (nSPS) is 16.3. The zero-order chi connectivity index (χ0) is 71.2. The summed E-state index contributed by atoms with van der Waals surface area (Å²) in [4.78, 5) is 0. The average molecular weight is 1380 g/mol. The second-order valence-electron chi connectivity index (χ2n) is 29.1. The highest BCUT2D eigenvalue weighted by Crippen LogP contribution is 2.54. The Bertz CT molecular complexity index is 6620. The zero-order valence-corrected chi connectivity index (χ0v) is 59.1. The number of benzene rings is 16. The molecule has 16 aromatic carbocycles. The van der Waals surface area contributed by atoms with Crippen LogP contribution in [0.1, 0.15) is 58.1 Å². The van der Waals surface area contributed by atoms with E-state index in [1.54, 1.807) is 0 Å². The lowest BCUT2D eigenvalue weighted by Crippen LogP contribution is -2.39. The molecule has 4 atom stereocenters. The van der Waals surface area contributed by atoms with Crippen LogP contribution in [-0.2, 0) is 0 Å². The van der Waals surface area contributed by atoms with E-state index in [1.807, 2.05) is 0 Å². The van der Waals surface area contributed by atoms with Crippen LogP contribution in [0.5, 0.6) is 0 Å². The summed E-state index contributed by atoms with van der Waals surface area (Å²) in [6.07, 6.45) is 5.76. The van der Waals surface area contributed by atoms with Crippen molar-refractivity contribution in [2.75, 3.05) is 0 Å². The maximum Gasteiger partial charge on any atom is 0.143 e. The Morgan fingerprint density at radius 1 is 0.250 bits per heavy atom. The molecule has 18 aromatic rings. The number of hydrogen-bond acceptors (Lipinski definition) is 5. The van der Waals surface area contributed by atoms with E-state index < -0.39 is 0 Å². The van der Waals surface area contributed by atoms with Gasteiger partial charge in [-0.1, -0.05) is 315 Å². The van der Waals surface area contributed by atoms with Crippen molar-refractivity contribution in [2.45, 2.75) is 24.7 Å². The van der Waals surface area contributed by atoms with E-state index >= 15 is 0 Å². The molecule has 108 heavy (non-hydrogen) atoms. The molecule has 1 saturated carbocycles. The molecular weight excluding hydrogens is 1310 g/mol. The van der Waals surface area contributed by atoms with E-state index in [0.29, 0.717) is 5.92 Å². The number of nitrogens with one attached hydrogen (secondary N) is 3. The molecule has 21 rings (SSSR count). The summed E-state index contributed by atoms with van der Waals surface area (Å²) in [5.74, 6) is 0.437. The van der Waals surface area contributed by atoms with E-state index in [0.717, 1.165) is 128 Å². The van der Waals surface area contributed by atoms with Gasteiger partial charge in [-0.2, -0.15) is 0 Å². The Kier molecular flexibility index (Phi) is 15.3. The standard InChI is InChI=1S/C103H71N3O2/c1-6-19-69(20-7-1)87-59-93-84-53-50-81(58-99(84)107-101(93)85-32-17-16-31-82(85)87)78-30-18-29-77(55-78)66-39-45-73(46-40-66)96-63-97(106-103(105-96)76-27-14-5-15-28-76)74-47-41-67(42-48-74)79-51-54-86-90(56-79)88(70-21-8-2-9-22-70)60-94-83-52-49-80(57-98(83)108-102(86)94)68-35-33-64(34-36-68)65-37-43-72(44-38-65)95-62-89(71-23-10-3-11-24-71)91-61-92(91)100(104-95)75-25-12-4-13-26-75/h1-60,62-63,91,95-96,103-106H,61H2. The van der Waals surface area contributed by atoms with E-state index in [-0.39, 0.29) is 18.2 Å². The van der Waals surface area contributed by atoms with Gasteiger partial charge in [-0.05, 0) is 200 Å². The molecule has 3 aliphatic rings. The van der Waals surface area contributed by atoms with Gasteiger partial charge in [-0.3, -0.25) is 5.32 Å². The van der Waals surface area contributed by atoms with E-state index in [2.05, 4.69) is 392 Å². The number of furan rings is 2. The van der Waals surface area contributed by atoms with Crippen molar-refractivity contribution >= 4 is 82.4 Å². The summed E-state index contributed by atoms with van der Waals surface area (Å²) >= 11 is 0. The third kappa shape index (κ3) is 11.4. The van der Waals surface area contributed by atoms with E-state index in [1.165, 1.54) is 77.9 Å². The highest BCUT2D eigenvalue weighted by Gasteiger charge is 2.40. The number of hydrogen-bond donors (Lipinski definition) is 3. The third-order valence-corrected chi connectivity index (χ3v) is 22.7. The van der Waals surface area contributed by atoms with Gasteiger partial charge in [0.05, 0.1) is 12.1 Å². The predicted octanol–water partition coefficient (Wildman–Crippen LogP) is 26.6. The SMILES string of the molecule is C1=C(c2ccc(-c3ccc4c(c3)c(-c3ccccc3)cc3c5ccc(-c6ccc(-c7ccc(C8C=C(c9ccccc9)C9CC9=C(c9ccccc9)N8)cc7)cc6)cc5oc43)cc2)NC(c2ccccc2)NC1c1ccc(-c2cccc(-c3ccc4c(c3)oc3c5ccccc5c(-c5ccccc5)cc43)c2)cc1. The van der Waals surface area contributed by atoms with Crippen molar-refractivity contribution < 1.29 is 8.83 Å². The van der Waals surface area contributed by atoms with Crippen LogP contribution < -0.4 is 16.0 Å². The number of fused-ring (bicyclic) bond motifs is 11. The second-order valence-corrected chi connectivity index (χ2v) is 29.1. The van der Waals surface area contributed by atoms with Crippen molar-refractivity contribution in [1.29, 1.82) is 0 Å². The van der Waals surface area contributed by atoms with Crippen LogP contribution in [0.25, 0.3) is 160 Å². The Morgan fingerprint density at radius 2 is 0.657 bits per heavy atom. The summed E-state index contributed by atoms with van der Waals surface area (Å²) in [6, 6.07) is 132. The quantitative estimate of drug-likeness (QED) is 0.107. The molecule has 1 aliphatic carbocycles. The molecule has 5 heteroatoms. The van der Waals surface area contributed by atoms with Crippen LogP contribution in [0.2, 0.25) is 0 Å². The summed E-state index contributed by atoms with van der Waals surface area (Å²) in [5.41, 5.74) is 32.3. The van der Waals surface area contributed by atoms with Gasteiger partial charge in [0.15, 0.2) is 0 Å². The van der Waals surface area contributed by atoms with Gasteiger partial charge < -0.3 is 19.5 Å². The largest absolute Gasteiger partial charge is 0.455 e. The second kappa shape index (κ2) is 26.2. The van der Waals surface area contributed by atoms with Crippen molar-refractivity contribution in [3.05, 3.63) is 415 Å². The van der Waals surface area contributed by atoms with Gasteiger partial charge in [-0.15, -0.1) is 0 Å². The van der Waals surface area contributed by atoms with Gasteiger partial charge in [0.2, 0.25) is 0 Å². The molecule has 2 aliphatic heterocycles. The highest BCUT2D eigenvalue weighted by molar-refractivity contribution is 6.21. The van der Waals surface area contributed by atoms with Gasteiger partial charge in [0.25, 0.3) is 0 Å². The molecule has 4 heterocycles. The molecule has 0 saturated heterocycles. The van der Waals surface area contributed by atoms with Crippen LogP contribution >= 0.6 is 0 Å². The molecule has 3 N–H and O–H groups in total. The van der Waals surface area contributed by atoms with Crippen LogP contribution in [0.15, 0.2) is 391 Å². The first-order valence-electron chi connectivity index (χ1n) is 37.5. The van der Waals surface area contributed by atoms with Gasteiger partial charge in [-0.25, -0.2) is 0 Å². The fraction of sp³-hybridized carbons (Fsp3) is 0.0485. The zero-order valence-electron chi connectivity index (χ0n) is 59.1. The smallest absolute Gasteiger partial charge is 0.143 e. The van der Waals surface area contributed by atoms with Crippen LogP contribution in [0.4, 0.5) is 0 Å². The van der Waals surface area contributed by atoms with Gasteiger partial charge >= 0.3 is 0 Å². The number of allylic oxidation sites excluding steroid dienone is 2. The van der Waals surface area contributed by atoms with Crippen molar-refractivity contribution in [2.24, 2.45) is 5.92 Å². The predicted molar refractivity (Wildman–Crippen MR) is 448 cm³/mol. The molecule has 1 fully saturated rings. The Balaban J connectivity index is 0.546. The Labute approximate surface area is 626 Å². The monoisotopic (exact) mass is 1380 g/mol. The molecule has 0 amide bonds. The molecule has 5 nitrogen and oxygen atoms in total. The topological polar surface area (TPSA) is 62.4 Å². The van der Waals surface area contributed by atoms with E-state index in [4.69, 9.17) is 8.83 Å². The minimum absolute atomic E-state index is 0.0331. The Morgan fingerprint density at radius 3 is 1.23 bits per heavy atom. The van der Waals surface area contributed by atoms with Gasteiger partial charge in [0.1, 0.15) is 28.5 Å². The first kappa shape index (κ1) is 62.9. The maximum absolute atomic E-state index is 7.01. The molecule has 4 unspecified atom stereocenters.